The van der Waals surface area contributed by atoms with Gasteiger partial charge in [-0.2, -0.15) is 0 Å². The minimum atomic E-state index is -0.167. The summed E-state index contributed by atoms with van der Waals surface area (Å²) in [5.41, 5.74) is 3.05. The van der Waals surface area contributed by atoms with Gasteiger partial charge in [0, 0.05) is 23.6 Å². The van der Waals surface area contributed by atoms with E-state index in [9.17, 15) is 4.79 Å². The van der Waals surface area contributed by atoms with Crippen LogP contribution in [0.4, 0.5) is 0 Å². The van der Waals surface area contributed by atoms with E-state index >= 15 is 0 Å². The molecule has 5 heteroatoms. The number of nitrogens with one attached hydrogen (secondary N) is 1. The van der Waals surface area contributed by atoms with E-state index in [1.54, 1.807) is 12.5 Å². The van der Waals surface area contributed by atoms with Crippen LogP contribution in [0.3, 0.4) is 0 Å². The van der Waals surface area contributed by atoms with Gasteiger partial charge >= 0.3 is 0 Å². The first kappa shape index (κ1) is 16.4. The molecule has 3 aromatic rings. The standard InChI is InChI=1S/C21H21N3O2/c1-15(16-5-4-6-17(13-16)24-11-10-22-14-24)23-21(25)19-9-12-26-20-8-3-2-7-18(19)20/h2-8,10-11,13-15,19H,9,12H2,1H3,(H,23,25). The average Bonchev–Trinajstić information content (AvgIpc) is 3.22. The minimum Gasteiger partial charge on any atom is -0.493 e. The van der Waals surface area contributed by atoms with E-state index in [0.717, 1.165) is 22.6 Å². The van der Waals surface area contributed by atoms with Gasteiger partial charge in [-0.1, -0.05) is 30.3 Å². The van der Waals surface area contributed by atoms with Crippen LogP contribution in [0.2, 0.25) is 0 Å². The fourth-order valence-corrected chi connectivity index (χ4v) is 3.38. The molecule has 5 nitrogen and oxygen atoms in total. The van der Waals surface area contributed by atoms with Gasteiger partial charge in [0.25, 0.3) is 0 Å². The molecule has 132 valence electrons. The molecule has 2 unspecified atom stereocenters. The molecule has 2 aromatic carbocycles. The van der Waals surface area contributed by atoms with E-state index in [2.05, 4.69) is 16.4 Å². The van der Waals surface area contributed by atoms with Crippen molar-refractivity contribution in [3.63, 3.8) is 0 Å². The number of rotatable bonds is 4. The largest absolute Gasteiger partial charge is 0.493 e. The van der Waals surface area contributed by atoms with Gasteiger partial charge in [-0.05, 0) is 37.1 Å². The number of nitrogens with zero attached hydrogens (tertiary/aromatic N) is 2. The summed E-state index contributed by atoms with van der Waals surface area (Å²) in [6.45, 7) is 2.58. The van der Waals surface area contributed by atoms with Gasteiger partial charge in [0.05, 0.1) is 24.9 Å². The zero-order valence-electron chi connectivity index (χ0n) is 14.6. The van der Waals surface area contributed by atoms with Crippen LogP contribution >= 0.6 is 0 Å². The molecule has 26 heavy (non-hydrogen) atoms. The van der Waals surface area contributed by atoms with Crippen molar-refractivity contribution < 1.29 is 9.53 Å². The topological polar surface area (TPSA) is 56.1 Å². The van der Waals surface area contributed by atoms with Crippen molar-refractivity contribution in [3.8, 4) is 11.4 Å². The number of ether oxygens (including phenoxy) is 1. The number of fused-ring (bicyclic) bond motifs is 1. The monoisotopic (exact) mass is 347 g/mol. The first-order valence-electron chi connectivity index (χ1n) is 8.83. The Morgan fingerprint density at radius 2 is 2.15 bits per heavy atom. The van der Waals surface area contributed by atoms with Crippen molar-refractivity contribution in [1.29, 1.82) is 0 Å². The highest BCUT2D eigenvalue weighted by Crippen LogP contribution is 2.33. The lowest BCUT2D eigenvalue weighted by Gasteiger charge is -2.26. The zero-order valence-corrected chi connectivity index (χ0v) is 14.6. The Morgan fingerprint density at radius 3 is 3.00 bits per heavy atom. The summed E-state index contributed by atoms with van der Waals surface area (Å²) in [5.74, 6) is 0.689. The normalized spacial score (nSPS) is 17.0. The van der Waals surface area contributed by atoms with Crippen molar-refractivity contribution in [2.24, 2.45) is 0 Å². The van der Waals surface area contributed by atoms with Gasteiger partial charge in [-0.3, -0.25) is 4.79 Å². The molecule has 1 aliphatic rings. The number of hydrogen-bond donors (Lipinski definition) is 1. The Labute approximate surface area is 152 Å². The van der Waals surface area contributed by atoms with Gasteiger partial charge in [0.15, 0.2) is 0 Å². The highest BCUT2D eigenvalue weighted by atomic mass is 16.5. The number of imidazole rings is 1. The molecule has 2 atom stereocenters. The van der Waals surface area contributed by atoms with Gasteiger partial charge in [-0.25, -0.2) is 4.98 Å². The van der Waals surface area contributed by atoms with Crippen LogP contribution in [0.1, 0.15) is 36.4 Å². The number of aromatic nitrogens is 2. The fraction of sp³-hybridized carbons (Fsp3) is 0.238. The van der Waals surface area contributed by atoms with Gasteiger partial charge in [0.1, 0.15) is 5.75 Å². The summed E-state index contributed by atoms with van der Waals surface area (Å²) in [7, 11) is 0. The van der Waals surface area contributed by atoms with E-state index in [1.165, 1.54) is 0 Å². The van der Waals surface area contributed by atoms with Crippen LogP contribution in [-0.4, -0.2) is 22.1 Å². The Balaban J connectivity index is 1.51. The summed E-state index contributed by atoms with van der Waals surface area (Å²) >= 11 is 0. The van der Waals surface area contributed by atoms with Crippen LogP contribution in [-0.2, 0) is 4.79 Å². The van der Waals surface area contributed by atoms with E-state index in [4.69, 9.17) is 4.74 Å². The second-order valence-electron chi connectivity index (χ2n) is 6.52. The maximum atomic E-state index is 12.9. The molecule has 0 saturated carbocycles. The first-order chi connectivity index (χ1) is 12.7. The van der Waals surface area contributed by atoms with Gasteiger partial charge in [0.2, 0.25) is 5.91 Å². The second-order valence-corrected chi connectivity index (χ2v) is 6.52. The van der Waals surface area contributed by atoms with Crippen molar-refractivity contribution in [3.05, 3.63) is 78.4 Å². The lowest BCUT2D eigenvalue weighted by Crippen LogP contribution is -2.34. The summed E-state index contributed by atoms with van der Waals surface area (Å²) in [6, 6.07) is 15.8. The molecule has 4 rings (SSSR count). The molecule has 1 aliphatic heterocycles. The molecule has 0 aliphatic carbocycles. The Morgan fingerprint density at radius 1 is 1.27 bits per heavy atom. The molecule has 2 heterocycles. The highest BCUT2D eigenvalue weighted by molar-refractivity contribution is 5.85. The number of carbonyl (C=O) groups excluding carboxylic acids is 1. The molecule has 0 bridgehead atoms. The molecule has 1 aromatic heterocycles. The highest BCUT2D eigenvalue weighted by Gasteiger charge is 2.28. The maximum absolute atomic E-state index is 12.9. The molecule has 0 saturated heterocycles. The quantitative estimate of drug-likeness (QED) is 0.784. The average molecular weight is 347 g/mol. The predicted octanol–water partition coefficient (Wildman–Crippen LogP) is 3.62. The maximum Gasteiger partial charge on any atom is 0.228 e. The number of carbonyl (C=O) groups is 1. The zero-order chi connectivity index (χ0) is 17.9. The lowest BCUT2D eigenvalue weighted by atomic mass is 9.92. The van der Waals surface area contributed by atoms with E-state index in [0.29, 0.717) is 13.0 Å². The third-order valence-electron chi connectivity index (χ3n) is 4.81. The summed E-state index contributed by atoms with van der Waals surface area (Å²) in [6.07, 6.45) is 6.12. The molecule has 0 radical (unpaired) electrons. The Hall–Kier alpha value is -3.08. The molecule has 0 fully saturated rings. The number of para-hydroxylation sites is 1. The van der Waals surface area contributed by atoms with Crippen LogP contribution in [0, 0.1) is 0 Å². The van der Waals surface area contributed by atoms with Crippen molar-refractivity contribution in [2.75, 3.05) is 6.61 Å². The van der Waals surface area contributed by atoms with E-state index in [1.807, 2.05) is 60.2 Å². The predicted molar refractivity (Wildman–Crippen MR) is 99.4 cm³/mol. The van der Waals surface area contributed by atoms with Gasteiger partial charge in [-0.15, -0.1) is 0 Å². The Bertz CT molecular complexity index is 905. The number of benzene rings is 2. The molecule has 1 amide bonds. The van der Waals surface area contributed by atoms with Crippen molar-refractivity contribution in [1.82, 2.24) is 14.9 Å². The molecular formula is C21H21N3O2. The second kappa shape index (κ2) is 7.04. The van der Waals surface area contributed by atoms with E-state index < -0.39 is 0 Å². The first-order valence-corrected chi connectivity index (χ1v) is 8.83. The summed E-state index contributed by atoms with van der Waals surface area (Å²) in [5, 5.41) is 3.16. The SMILES string of the molecule is CC(NC(=O)C1CCOc2ccccc21)c1cccc(-n2ccnc2)c1. The molecule has 1 N–H and O–H groups in total. The van der Waals surface area contributed by atoms with Crippen molar-refractivity contribution >= 4 is 5.91 Å². The fourth-order valence-electron chi connectivity index (χ4n) is 3.38. The Kier molecular flexibility index (Phi) is 4.44. The summed E-state index contributed by atoms with van der Waals surface area (Å²) in [4.78, 5) is 17.0. The number of hydrogen-bond acceptors (Lipinski definition) is 3. The van der Waals surface area contributed by atoms with Gasteiger partial charge < -0.3 is 14.6 Å². The van der Waals surface area contributed by atoms with Crippen LogP contribution in [0.15, 0.2) is 67.3 Å². The third kappa shape index (κ3) is 3.20. The van der Waals surface area contributed by atoms with Crippen LogP contribution < -0.4 is 10.1 Å². The van der Waals surface area contributed by atoms with Crippen LogP contribution in [0.25, 0.3) is 5.69 Å². The minimum absolute atomic E-state index is 0.0429. The smallest absolute Gasteiger partial charge is 0.228 e. The lowest BCUT2D eigenvalue weighted by molar-refractivity contribution is -0.123. The molecular weight excluding hydrogens is 326 g/mol. The molecule has 0 spiro atoms. The van der Waals surface area contributed by atoms with E-state index in [-0.39, 0.29) is 17.9 Å². The summed E-state index contributed by atoms with van der Waals surface area (Å²) < 4.78 is 7.61. The van der Waals surface area contributed by atoms with Crippen LogP contribution in [0.5, 0.6) is 5.75 Å². The number of amides is 1. The third-order valence-corrected chi connectivity index (χ3v) is 4.81. The van der Waals surface area contributed by atoms with Crippen molar-refractivity contribution in [2.45, 2.75) is 25.3 Å².